The van der Waals surface area contributed by atoms with Crippen molar-refractivity contribution in [2.24, 2.45) is 13.0 Å². The van der Waals surface area contributed by atoms with Crippen LogP contribution in [-0.4, -0.2) is 64.2 Å². The van der Waals surface area contributed by atoms with Gasteiger partial charge in [-0.3, -0.25) is 14.5 Å². The van der Waals surface area contributed by atoms with Crippen molar-refractivity contribution in [2.45, 2.75) is 38.1 Å². The number of aromatic nitrogens is 3. The van der Waals surface area contributed by atoms with Gasteiger partial charge in [0, 0.05) is 56.8 Å². The Morgan fingerprint density at radius 3 is 2.43 bits per heavy atom. The third-order valence-corrected chi connectivity index (χ3v) is 7.53. The number of aryl methyl sites for hydroxylation is 1. The lowest BCUT2D eigenvalue weighted by atomic mass is 9.91. The van der Waals surface area contributed by atoms with Gasteiger partial charge in [-0.25, -0.2) is 12.7 Å². The second kappa shape index (κ2) is 8.47. The van der Waals surface area contributed by atoms with Gasteiger partial charge in [-0.05, 0) is 49.8 Å². The van der Waals surface area contributed by atoms with E-state index in [-0.39, 0.29) is 17.9 Å². The van der Waals surface area contributed by atoms with E-state index < -0.39 is 10.0 Å². The first kappa shape index (κ1) is 21.0. The minimum atomic E-state index is -3.20. The molecule has 162 valence electrons. The van der Waals surface area contributed by atoms with Gasteiger partial charge in [0.05, 0.1) is 18.0 Å². The largest absolute Gasteiger partial charge is 0.334 e. The molecule has 1 unspecified atom stereocenters. The molecule has 2 saturated heterocycles. The number of likely N-dealkylation sites (tertiary alicyclic amines) is 1. The molecule has 0 aliphatic carbocycles. The molecule has 9 heteroatoms. The van der Waals surface area contributed by atoms with Crippen molar-refractivity contribution in [3.05, 3.63) is 36.4 Å². The maximum absolute atomic E-state index is 13.5. The fourth-order valence-electron chi connectivity index (χ4n) is 4.65. The van der Waals surface area contributed by atoms with E-state index in [0.29, 0.717) is 25.9 Å². The van der Waals surface area contributed by atoms with Crippen LogP contribution in [0.1, 0.15) is 43.8 Å². The molecule has 2 aromatic rings. The summed E-state index contributed by atoms with van der Waals surface area (Å²) in [6.45, 7) is 1.56. The Balaban J connectivity index is 1.57. The summed E-state index contributed by atoms with van der Waals surface area (Å²) in [4.78, 5) is 19.6. The lowest BCUT2D eigenvalue weighted by Gasteiger charge is -2.39. The molecular weight excluding hydrogens is 402 g/mol. The van der Waals surface area contributed by atoms with E-state index in [4.69, 9.17) is 5.10 Å². The zero-order chi connectivity index (χ0) is 21.3. The Bertz CT molecular complexity index is 997. The summed E-state index contributed by atoms with van der Waals surface area (Å²) in [5.74, 6) is 0.0101. The Labute approximate surface area is 177 Å². The van der Waals surface area contributed by atoms with Crippen LogP contribution < -0.4 is 0 Å². The highest BCUT2D eigenvalue weighted by atomic mass is 32.2. The average molecular weight is 432 g/mol. The van der Waals surface area contributed by atoms with E-state index in [2.05, 4.69) is 4.98 Å². The van der Waals surface area contributed by atoms with Gasteiger partial charge in [-0.15, -0.1) is 0 Å². The molecule has 0 bridgehead atoms. The molecule has 4 rings (SSSR count). The van der Waals surface area contributed by atoms with Gasteiger partial charge in [0.15, 0.2) is 0 Å². The Kier molecular flexibility index (Phi) is 5.92. The summed E-state index contributed by atoms with van der Waals surface area (Å²) < 4.78 is 26.9. The minimum absolute atomic E-state index is 0.0523. The number of amides is 1. The third-order valence-electron chi connectivity index (χ3n) is 6.22. The summed E-state index contributed by atoms with van der Waals surface area (Å²) in [6.07, 6.45) is 10.9. The molecule has 2 aliphatic heterocycles. The Morgan fingerprint density at radius 1 is 1.07 bits per heavy atom. The molecule has 0 spiro atoms. The van der Waals surface area contributed by atoms with Crippen LogP contribution in [0.25, 0.3) is 11.1 Å². The van der Waals surface area contributed by atoms with Crippen LogP contribution in [0.4, 0.5) is 0 Å². The molecule has 4 heterocycles. The topological polar surface area (TPSA) is 88.4 Å². The molecule has 8 nitrogen and oxygen atoms in total. The Hall–Kier alpha value is -2.26. The number of pyridine rings is 1. The standard InChI is InChI=1S/C21H29N5O3S/c1-24-15-18(16-6-10-22-11-7-16)20(23-24)19-5-3-4-12-26(19)21(27)17-8-13-25(14-9-17)30(2,28)29/h6-7,10-11,15,17,19H,3-5,8-9,12-14H2,1-2H3. The van der Waals surface area contributed by atoms with E-state index in [1.54, 1.807) is 12.4 Å². The molecule has 1 atom stereocenters. The summed E-state index contributed by atoms with van der Waals surface area (Å²) in [5, 5.41) is 4.75. The third kappa shape index (κ3) is 4.27. The molecule has 1 amide bonds. The van der Waals surface area contributed by atoms with Gasteiger partial charge in [0.2, 0.25) is 15.9 Å². The van der Waals surface area contributed by atoms with Gasteiger partial charge in [-0.1, -0.05) is 0 Å². The first-order valence-corrected chi connectivity index (χ1v) is 12.4. The first-order valence-electron chi connectivity index (χ1n) is 10.5. The summed E-state index contributed by atoms with van der Waals surface area (Å²) in [7, 11) is -1.29. The van der Waals surface area contributed by atoms with Gasteiger partial charge in [0.1, 0.15) is 0 Å². The van der Waals surface area contributed by atoms with Crippen LogP contribution in [0.5, 0.6) is 0 Å². The first-order chi connectivity index (χ1) is 14.3. The van der Waals surface area contributed by atoms with E-state index in [0.717, 1.165) is 42.6 Å². The smallest absolute Gasteiger partial charge is 0.226 e. The van der Waals surface area contributed by atoms with Gasteiger partial charge in [-0.2, -0.15) is 5.10 Å². The minimum Gasteiger partial charge on any atom is -0.334 e. The Morgan fingerprint density at radius 2 is 1.77 bits per heavy atom. The molecule has 0 N–H and O–H groups in total. The van der Waals surface area contributed by atoms with Crippen molar-refractivity contribution < 1.29 is 13.2 Å². The molecule has 2 fully saturated rings. The van der Waals surface area contributed by atoms with Crippen molar-refractivity contribution >= 4 is 15.9 Å². The number of hydrogen-bond acceptors (Lipinski definition) is 5. The van der Waals surface area contributed by atoms with Crippen LogP contribution in [0.2, 0.25) is 0 Å². The molecular formula is C21H29N5O3S. The van der Waals surface area contributed by atoms with Crippen LogP contribution in [0.3, 0.4) is 0 Å². The number of hydrogen-bond donors (Lipinski definition) is 0. The molecule has 30 heavy (non-hydrogen) atoms. The zero-order valence-corrected chi connectivity index (χ0v) is 18.4. The molecule has 0 radical (unpaired) electrons. The number of carbonyl (C=O) groups excluding carboxylic acids is 1. The molecule has 2 aliphatic rings. The molecule has 2 aromatic heterocycles. The maximum Gasteiger partial charge on any atom is 0.226 e. The number of carbonyl (C=O) groups is 1. The van der Waals surface area contributed by atoms with Crippen molar-refractivity contribution in [2.75, 3.05) is 25.9 Å². The average Bonchev–Trinajstić information content (AvgIpc) is 3.15. The molecule has 0 saturated carbocycles. The number of piperidine rings is 2. The SMILES string of the molecule is Cn1cc(-c2ccncc2)c(C2CCCCN2C(=O)C2CCN(S(C)(=O)=O)CC2)n1. The van der Waals surface area contributed by atoms with E-state index in [1.807, 2.05) is 35.0 Å². The van der Waals surface area contributed by atoms with Crippen LogP contribution >= 0.6 is 0 Å². The van der Waals surface area contributed by atoms with Gasteiger partial charge >= 0.3 is 0 Å². The van der Waals surface area contributed by atoms with Crippen molar-refractivity contribution in [3.8, 4) is 11.1 Å². The normalized spacial score (nSPS) is 21.7. The van der Waals surface area contributed by atoms with Crippen LogP contribution in [-0.2, 0) is 21.9 Å². The van der Waals surface area contributed by atoms with Gasteiger partial charge < -0.3 is 4.90 Å². The predicted molar refractivity (Wildman–Crippen MR) is 114 cm³/mol. The summed E-state index contributed by atoms with van der Waals surface area (Å²) in [5.41, 5.74) is 3.02. The fraction of sp³-hybridized carbons (Fsp3) is 0.571. The second-order valence-corrected chi connectivity index (χ2v) is 10.3. The van der Waals surface area contributed by atoms with E-state index >= 15 is 0 Å². The van der Waals surface area contributed by atoms with E-state index in [9.17, 15) is 13.2 Å². The highest BCUT2D eigenvalue weighted by molar-refractivity contribution is 7.88. The van der Waals surface area contributed by atoms with Gasteiger partial charge in [0.25, 0.3) is 0 Å². The van der Waals surface area contributed by atoms with E-state index in [1.165, 1.54) is 10.6 Å². The predicted octanol–water partition coefficient (Wildman–Crippen LogP) is 2.21. The van der Waals surface area contributed by atoms with Crippen molar-refractivity contribution in [3.63, 3.8) is 0 Å². The van der Waals surface area contributed by atoms with Crippen LogP contribution in [0, 0.1) is 5.92 Å². The summed E-state index contributed by atoms with van der Waals surface area (Å²) in [6, 6.07) is 3.89. The fourth-order valence-corrected chi connectivity index (χ4v) is 5.53. The lowest BCUT2D eigenvalue weighted by molar-refractivity contribution is -0.140. The van der Waals surface area contributed by atoms with Crippen molar-refractivity contribution in [1.82, 2.24) is 24.0 Å². The summed E-state index contributed by atoms with van der Waals surface area (Å²) >= 11 is 0. The lowest BCUT2D eigenvalue weighted by Crippen LogP contribution is -2.46. The maximum atomic E-state index is 13.5. The van der Waals surface area contributed by atoms with Crippen molar-refractivity contribution in [1.29, 1.82) is 0 Å². The zero-order valence-electron chi connectivity index (χ0n) is 17.6. The monoisotopic (exact) mass is 431 g/mol. The van der Waals surface area contributed by atoms with Crippen LogP contribution in [0.15, 0.2) is 30.7 Å². The number of sulfonamides is 1. The quantitative estimate of drug-likeness (QED) is 0.741. The highest BCUT2D eigenvalue weighted by Gasteiger charge is 2.37. The number of rotatable bonds is 4. The highest BCUT2D eigenvalue weighted by Crippen LogP contribution is 2.37. The molecule has 0 aromatic carbocycles. The second-order valence-electron chi connectivity index (χ2n) is 8.32. The number of nitrogens with zero attached hydrogens (tertiary/aromatic N) is 5.